The fourth-order valence-corrected chi connectivity index (χ4v) is 3.56. The number of nitrogens with zero attached hydrogens (tertiary/aromatic N) is 3. The van der Waals surface area contributed by atoms with E-state index in [9.17, 15) is 4.79 Å². The zero-order chi connectivity index (χ0) is 18.1. The predicted molar refractivity (Wildman–Crippen MR) is 103 cm³/mol. The Labute approximate surface area is 153 Å². The van der Waals surface area contributed by atoms with Gasteiger partial charge in [0, 0.05) is 29.8 Å². The van der Waals surface area contributed by atoms with E-state index in [1.54, 1.807) is 12.5 Å². The third kappa shape index (κ3) is 2.96. The summed E-state index contributed by atoms with van der Waals surface area (Å²) < 4.78 is 1.95. The second kappa shape index (κ2) is 6.67. The standard InChI is InChI=1S/C21H22N4O/c1-15-13-18-5-3-4-6-20(18)25(15)21(26)23-16(2)17-7-9-19(10-8-17)24-12-11-22-14-24/h3-12,14-16H,13H2,1-2H3,(H,23,26). The van der Waals surface area contributed by atoms with Crippen LogP contribution in [0.1, 0.15) is 31.0 Å². The minimum Gasteiger partial charge on any atom is -0.331 e. The van der Waals surface area contributed by atoms with Gasteiger partial charge in [-0.1, -0.05) is 30.3 Å². The van der Waals surface area contributed by atoms with Crippen molar-refractivity contribution in [1.29, 1.82) is 0 Å². The first-order valence-electron chi connectivity index (χ1n) is 8.89. The van der Waals surface area contributed by atoms with Gasteiger partial charge in [-0.15, -0.1) is 0 Å². The number of rotatable bonds is 3. The van der Waals surface area contributed by atoms with E-state index < -0.39 is 0 Å². The van der Waals surface area contributed by atoms with Crippen molar-refractivity contribution in [3.63, 3.8) is 0 Å². The minimum absolute atomic E-state index is 0.0476. The van der Waals surface area contributed by atoms with Crippen LogP contribution in [-0.2, 0) is 6.42 Å². The SMILES string of the molecule is CC(NC(=O)N1c2ccccc2CC1C)c1ccc(-n2ccnc2)cc1. The molecule has 2 amide bonds. The van der Waals surface area contributed by atoms with Crippen molar-refractivity contribution in [2.45, 2.75) is 32.4 Å². The molecule has 0 saturated carbocycles. The molecule has 1 aliphatic heterocycles. The Bertz CT molecular complexity index is 902. The number of hydrogen-bond donors (Lipinski definition) is 1. The van der Waals surface area contributed by atoms with E-state index in [4.69, 9.17) is 0 Å². The highest BCUT2D eigenvalue weighted by molar-refractivity contribution is 5.95. The van der Waals surface area contributed by atoms with Crippen molar-refractivity contribution in [1.82, 2.24) is 14.9 Å². The number of para-hydroxylation sites is 1. The lowest BCUT2D eigenvalue weighted by Gasteiger charge is -2.25. The number of carbonyl (C=O) groups is 1. The van der Waals surface area contributed by atoms with E-state index in [1.807, 2.05) is 65.1 Å². The Balaban J connectivity index is 1.48. The first kappa shape index (κ1) is 16.4. The van der Waals surface area contributed by atoms with Crippen LogP contribution < -0.4 is 10.2 Å². The molecule has 5 heteroatoms. The Morgan fingerprint density at radius 2 is 1.96 bits per heavy atom. The van der Waals surface area contributed by atoms with Crippen molar-refractivity contribution < 1.29 is 4.79 Å². The molecule has 1 N–H and O–H groups in total. The van der Waals surface area contributed by atoms with Crippen LogP contribution in [0.5, 0.6) is 0 Å². The van der Waals surface area contributed by atoms with Crippen molar-refractivity contribution in [2.24, 2.45) is 0 Å². The van der Waals surface area contributed by atoms with Gasteiger partial charge in [0.25, 0.3) is 0 Å². The van der Waals surface area contributed by atoms with Gasteiger partial charge in [-0.25, -0.2) is 9.78 Å². The molecule has 2 unspecified atom stereocenters. The Morgan fingerprint density at radius 1 is 1.19 bits per heavy atom. The zero-order valence-electron chi connectivity index (χ0n) is 15.0. The first-order chi connectivity index (χ1) is 12.6. The molecule has 1 aliphatic rings. The highest BCUT2D eigenvalue weighted by Gasteiger charge is 2.31. The summed E-state index contributed by atoms with van der Waals surface area (Å²) >= 11 is 0. The van der Waals surface area contributed by atoms with Crippen LogP contribution >= 0.6 is 0 Å². The van der Waals surface area contributed by atoms with Gasteiger partial charge in [0.15, 0.2) is 0 Å². The summed E-state index contributed by atoms with van der Waals surface area (Å²) in [4.78, 5) is 18.8. The van der Waals surface area contributed by atoms with Gasteiger partial charge < -0.3 is 9.88 Å². The van der Waals surface area contributed by atoms with E-state index >= 15 is 0 Å². The maximum atomic E-state index is 12.9. The van der Waals surface area contributed by atoms with Crippen LogP contribution in [0.3, 0.4) is 0 Å². The van der Waals surface area contributed by atoms with E-state index in [2.05, 4.69) is 23.3 Å². The molecule has 3 aromatic rings. The Kier molecular flexibility index (Phi) is 4.21. The quantitative estimate of drug-likeness (QED) is 0.776. The van der Waals surface area contributed by atoms with E-state index in [0.29, 0.717) is 0 Å². The monoisotopic (exact) mass is 346 g/mol. The highest BCUT2D eigenvalue weighted by Crippen LogP contribution is 2.32. The lowest BCUT2D eigenvalue weighted by atomic mass is 10.1. The zero-order valence-corrected chi connectivity index (χ0v) is 15.0. The molecule has 2 atom stereocenters. The number of amides is 2. The number of imidazole rings is 1. The van der Waals surface area contributed by atoms with Gasteiger partial charge in [-0.05, 0) is 49.6 Å². The van der Waals surface area contributed by atoms with Crippen LogP contribution in [0.25, 0.3) is 5.69 Å². The Morgan fingerprint density at radius 3 is 2.69 bits per heavy atom. The molecule has 2 heterocycles. The normalized spacial score (nSPS) is 17.0. The molecular weight excluding hydrogens is 324 g/mol. The van der Waals surface area contributed by atoms with Crippen molar-refractivity contribution in [3.05, 3.63) is 78.4 Å². The second-order valence-corrected chi connectivity index (χ2v) is 6.78. The fraction of sp³-hybridized carbons (Fsp3) is 0.238. The molecule has 26 heavy (non-hydrogen) atoms. The first-order valence-corrected chi connectivity index (χ1v) is 8.89. The van der Waals surface area contributed by atoms with Gasteiger partial charge in [0.2, 0.25) is 0 Å². The average molecular weight is 346 g/mol. The van der Waals surface area contributed by atoms with Gasteiger partial charge in [0.05, 0.1) is 12.4 Å². The topological polar surface area (TPSA) is 50.2 Å². The predicted octanol–water partition coefficient (Wildman–Crippen LogP) is 4.09. The summed E-state index contributed by atoms with van der Waals surface area (Å²) in [5, 5.41) is 3.13. The molecule has 0 bridgehead atoms. The number of urea groups is 1. The average Bonchev–Trinajstić information content (AvgIpc) is 3.28. The lowest BCUT2D eigenvalue weighted by Crippen LogP contribution is -2.44. The molecule has 4 rings (SSSR count). The van der Waals surface area contributed by atoms with Gasteiger partial charge in [0.1, 0.15) is 0 Å². The lowest BCUT2D eigenvalue weighted by molar-refractivity contribution is 0.242. The summed E-state index contributed by atoms with van der Waals surface area (Å²) in [6.07, 6.45) is 6.34. The molecule has 0 radical (unpaired) electrons. The van der Waals surface area contributed by atoms with Gasteiger partial charge in [-0.3, -0.25) is 4.90 Å². The summed E-state index contributed by atoms with van der Waals surface area (Å²) in [6, 6.07) is 16.3. The van der Waals surface area contributed by atoms with Crippen LogP contribution in [0.4, 0.5) is 10.5 Å². The highest BCUT2D eigenvalue weighted by atomic mass is 16.2. The third-order valence-electron chi connectivity index (χ3n) is 4.96. The van der Waals surface area contributed by atoms with E-state index in [1.165, 1.54) is 5.56 Å². The smallest absolute Gasteiger partial charge is 0.322 e. The molecule has 1 aromatic heterocycles. The summed E-state index contributed by atoms with van der Waals surface area (Å²) in [5.74, 6) is 0. The molecule has 0 saturated heterocycles. The molecule has 0 spiro atoms. The molecular formula is C21H22N4O. The fourth-order valence-electron chi connectivity index (χ4n) is 3.56. The second-order valence-electron chi connectivity index (χ2n) is 6.78. The van der Waals surface area contributed by atoms with Gasteiger partial charge in [-0.2, -0.15) is 0 Å². The van der Waals surface area contributed by atoms with E-state index in [0.717, 1.165) is 23.4 Å². The molecule has 0 aliphatic carbocycles. The third-order valence-corrected chi connectivity index (χ3v) is 4.96. The largest absolute Gasteiger partial charge is 0.331 e. The summed E-state index contributed by atoms with van der Waals surface area (Å²) in [6.45, 7) is 4.10. The van der Waals surface area contributed by atoms with Crippen molar-refractivity contribution in [3.8, 4) is 5.69 Å². The van der Waals surface area contributed by atoms with Crippen molar-refractivity contribution >= 4 is 11.7 Å². The molecule has 5 nitrogen and oxygen atoms in total. The number of hydrogen-bond acceptors (Lipinski definition) is 2. The molecule has 2 aromatic carbocycles. The maximum Gasteiger partial charge on any atom is 0.322 e. The molecule has 132 valence electrons. The molecule has 0 fully saturated rings. The van der Waals surface area contributed by atoms with Crippen LogP contribution in [0.2, 0.25) is 0 Å². The number of nitrogens with one attached hydrogen (secondary N) is 1. The minimum atomic E-state index is -0.0701. The van der Waals surface area contributed by atoms with Crippen LogP contribution in [0.15, 0.2) is 67.3 Å². The number of carbonyl (C=O) groups excluding carboxylic acids is 1. The Hall–Kier alpha value is -3.08. The number of benzene rings is 2. The van der Waals surface area contributed by atoms with Gasteiger partial charge >= 0.3 is 6.03 Å². The van der Waals surface area contributed by atoms with E-state index in [-0.39, 0.29) is 18.1 Å². The summed E-state index contributed by atoms with van der Waals surface area (Å²) in [5.41, 5.74) is 4.36. The van der Waals surface area contributed by atoms with Crippen molar-refractivity contribution in [2.75, 3.05) is 4.90 Å². The number of aromatic nitrogens is 2. The maximum absolute atomic E-state index is 12.9. The van der Waals surface area contributed by atoms with Crippen LogP contribution in [-0.4, -0.2) is 21.6 Å². The number of fused-ring (bicyclic) bond motifs is 1. The number of anilines is 1. The summed E-state index contributed by atoms with van der Waals surface area (Å²) in [7, 11) is 0. The van der Waals surface area contributed by atoms with Crippen LogP contribution in [0, 0.1) is 0 Å².